The quantitative estimate of drug-likeness (QED) is 0.461. The molecule has 2 atom stereocenters. The molecule has 4 N–H and O–H groups in total. The van der Waals surface area contributed by atoms with E-state index in [0.29, 0.717) is 41.0 Å². The van der Waals surface area contributed by atoms with Crippen LogP contribution < -0.4 is 20.7 Å². The fourth-order valence-corrected chi connectivity index (χ4v) is 3.68. The van der Waals surface area contributed by atoms with Crippen molar-refractivity contribution in [3.05, 3.63) is 53.1 Å². The van der Waals surface area contributed by atoms with Gasteiger partial charge in [0.25, 0.3) is 0 Å². The molecule has 0 radical (unpaired) electrons. The lowest BCUT2D eigenvalue weighted by Gasteiger charge is -2.15. The number of amides is 1. The van der Waals surface area contributed by atoms with E-state index in [1.807, 2.05) is 0 Å². The van der Waals surface area contributed by atoms with Crippen molar-refractivity contribution in [2.45, 2.75) is 25.1 Å². The van der Waals surface area contributed by atoms with E-state index >= 15 is 0 Å². The Hall–Kier alpha value is -3.01. The van der Waals surface area contributed by atoms with E-state index in [2.05, 4.69) is 25.9 Å². The number of rotatable bonds is 6. The highest BCUT2D eigenvalue weighted by Crippen LogP contribution is 2.31. The predicted octanol–water partition coefficient (Wildman–Crippen LogP) is 2.51. The third kappa shape index (κ3) is 4.53. The molecule has 0 aliphatic carbocycles. The number of anilines is 2. The first-order chi connectivity index (χ1) is 15.0. The third-order valence-electron chi connectivity index (χ3n) is 5.12. The molecular formula is C21H21ClFN5O3. The van der Waals surface area contributed by atoms with E-state index in [1.54, 1.807) is 24.3 Å². The number of β-amino-alcohol motifs (C(OH)–C–C–N with tert-alkyl or cyclic N) is 1. The number of halogens is 2. The third-order valence-corrected chi connectivity index (χ3v) is 5.41. The lowest BCUT2D eigenvalue weighted by Crippen LogP contribution is -2.40. The smallest absolute Gasteiger partial charge is 0.237 e. The molecule has 0 saturated carbocycles. The molecule has 0 spiro atoms. The van der Waals surface area contributed by atoms with Crippen LogP contribution in [0, 0.1) is 5.82 Å². The van der Waals surface area contributed by atoms with Crippen LogP contribution in [0.1, 0.15) is 12.0 Å². The van der Waals surface area contributed by atoms with Gasteiger partial charge >= 0.3 is 0 Å². The van der Waals surface area contributed by atoms with Gasteiger partial charge in [-0.3, -0.25) is 4.79 Å². The SMILES string of the molecule is COc1cc2ncnc(Nc3cccc(Cl)c3F)c2cc1CNC(=O)[C@@H]1C[C@H](O)CN1. The van der Waals surface area contributed by atoms with Gasteiger partial charge in [-0.25, -0.2) is 14.4 Å². The Balaban J connectivity index is 1.62. The summed E-state index contributed by atoms with van der Waals surface area (Å²) in [6, 6.07) is 7.74. The minimum atomic E-state index is -0.580. The lowest BCUT2D eigenvalue weighted by atomic mass is 10.1. The zero-order valence-corrected chi connectivity index (χ0v) is 17.4. The van der Waals surface area contributed by atoms with Gasteiger partial charge in [-0.15, -0.1) is 0 Å². The van der Waals surface area contributed by atoms with Crippen molar-refractivity contribution >= 4 is 39.9 Å². The van der Waals surface area contributed by atoms with Gasteiger partial charge in [0.05, 0.1) is 35.5 Å². The number of carbonyl (C=O) groups excluding carboxylic acids is 1. The topological polar surface area (TPSA) is 108 Å². The van der Waals surface area contributed by atoms with Crippen molar-refractivity contribution in [2.24, 2.45) is 0 Å². The number of ether oxygens (including phenoxy) is 1. The number of aliphatic hydroxyl groups is 1. The number of aromatic nitrogens is 2. The number of benzene rings is 2. The normalized spacial score (nSPS) is 18.2. The maximum absolute atomic E-state index is 14.3. The van der Waals surface area contributed by atoms with E-state index in [4.69, 9.17) is 16.3 Å². The van der Waals surface area contributed by atoms with Crippen LogP contribution in [-0.2, 0) is 11.3 Å². The van der Waals surface area contributed by atoms with Crippen LogP contribution in [0.3, 0.4) is 0 Å². The summed E-state index contributed by atoms with van der Waals surface area (Å²) >= 11 is 5.87. The number of carbonyl (C=O) groups is 1. The predicted molar refractivity (Wildman–Crippen MR) is 115 cm³/mol. The Morgan fingerprint density at radius 1 is 1.39 bits per heavy atom. The Labute approximate surface area is 182 Å². The standard InChI is InChI=1S/C21H21ClFN5O3/c1-31-18-7-16-13(5-11(18)8-25-21(30)17-6-12(29)9-24-17)20(27-10-26-16)28-15-4-2-3-14(22)19(15)23/h2-5,7,10,12,17,24,29H,6,8-9H2,1H3,(H,25,30)(H,26,27,28)/t12-,17-/m0/s1. The summed E-state index contributed by atoms with van der Waals surface area (Å²) in [5.41, 5.74) is 1.47. The number of nitrogens with one attached hydrogen (secondary N) is 3. The Kier molecular flexibility index (Phi) is 6.17. The molecule has 1 aromatic heterocycles. The van der Waals surface area contributed by atoms with Crippen molar-refractivity contribution < 1.29 is 19.0 Å². The van der Waals surface area contributed by atoms with E-state index in [-0.39, 0.29) is 23.2 Å². The Morgan fingerprint density at radius 3 is 2.97 bits per heavy atom. The lowest BCUT2D eigenvalue weighted by molar-refractivity contribution is -0.123. The minimum Gasteiger partial charge on any atom is -0.496 e. The first-order valence-corrected chi connectivity index (χ1v) is 10.1. The number of aliphatic hydroxyl groups excluding tert-OH is 1. The summed E-state index contributed by atoms with van der Waals surface area (Å²) in [6.07, 6.45) is 1.21. The summed E-state index contributed by atoms with van der Waals surface area (Å²) in [5, 5.41) is 19.0. The van der Waals surface area contributed by atoms with Gasteiger partial charge in [0, 0.05) is 30.1 Å². The molecule has 162 valence electrons. The van der Waals surface area contributed by atoms with E-state index in [9.17, 15) is 14.3 Å². The number of hydrogen-bond acceptors (Lipinski definition) is 7. The van der Waals surface area contributed by atoms with Crippen LogP contribution in [0.25, 0.3) is 10.9 Å². The van der Waals surface area contributed by atoms with Crippen LogP contribution in [0.2, 0.25) is 5.02 Å². The summed E-state index contributed by atoms with van der Waals surface area (Å²) in [6.45, 7) is 0.593. The molecule has 3 aromatic rings. The van der Waals surface area contributed by atoms with Crippen molar-refractivity contribution in [1.82, 2.24) is 20.6 Å². The number of hydrogen-bond donors (Lipinski definition) is 4. The van der Waals surface area contributed by atoms with Crippen molar-refractivity contribution in [3.8, 4) is 5.75 Å². The molecule has 1 fully saturated rings. The highest BCUT2D eigenvalue weighted by Gasteiger charge is 2.28. The maximum Gasteiger partial charge on any atom is 0.237 e. The first kappa shape index (κ1) is 21.2. The number of nitrogens with zero attached hydrogens (tertiary/aromatic N) is 2. The van der Waals surface area contributed by atoms with E-state index < -0.39 is 18.0 Å². The van der Waals surface area contributed by atoms with Gasteiger partial charge in [0.15, 0.2) is 5.82 Å². The van der Waals surface area contributed by atoms with Gasteiger partial charge < -0.3 is 25.8 Å². The van der Waals surface area contributed by atoms with Gasteiger partial charge in [-0.1, -0.05) is 17.7 Å². The van der Waals surface area contributed by atoms with Gasteiger partial charge in [-0.05, 0) is 24.6 Å². The van der Waals surface area contributed by atoms with Crippen LogP contribution in [0.5, 0.6) is 5.75 Å². The zero-order valence-electron chi connectivity index (χ0n) is 16.7. The van der Waals surface area contributed by atoms with Gasteiger partial charge in [0.1, 0.15) is 17.9 Å². The molecule has 0 bridgehead atoms. The molecule has 31 heavy (non-hydrogen) atoms. The van der Waals surface area contributed by atoms with Gasteiger partial charge in [-0.2, -0.15) is 0 Å². The molecule has 1 aliphatic heterocycles. The summed E-state index contributed by atoms with van der Waals surface area (Å²) < 4.78 is 19.8. The fourth-order valence-electron chi connectivity index (χ4n) is 3.51. The summed E-state index contributed by atoms with van der Waals surface area (Å²) in [4.78, 5) is 20.9. The summed E-state index contributed by atoms with van der Waals surface area (Å²) in [5.74, 6) is 0.151. The Morgan fingerprint density at radius 2 is 2.23 bits per heavy atom. The first-order valence-electron chi connectivity index (χ1n) is 9.68. The molecule has 1 aliphatic rings. The second kappa shape index (κ2) is 9.01. The molecule has 1 amide bonds. The average molecular weight is 446 g/mol. The Bertz CT molecular complexity index is 1130. The fraction of sp³-hybridized carbons (Fsp3) is 0.286. The van der Waals surface area contributed by atoms with Crippen LogP contribution in [-0.4, -0.2) is 46.8 Å². The maximum atomic E-state index is 14.3. The second-order valence-electron chi connectivity index (χ2n) is 7.20. The molecule has 0 unspecified atom stereocenters. The van der Waals surface area contributed by atoms with Crippen molar-refractivity contribution in [1.29, 1.82) is 0 Å². The van der Waals surface area contributed by atoms with Crippen LogP contribution in [0.15, 0.2) is 36.7 Å². The number of methoxy groups -OCH3 is 1. The highest BCUT2D eigenvalue weighted by molar-refractivity contribution is 6.31. The average Bonchev–Trinajstić information content (AvgIpc) is 3.21. The molecular weight excluding hydrogens is 425 g/mol. The van der Waals surface area contributed by atoms with Crippen molar-refractivity contribution in [2.75, 3.05) is 19.0 Å². The monoisotopic (exact) mass is 445 g/mol. The largest absolute Gasteiger partial charge is 0.496 e. The number of fused-ring (bicyclic) bond motifs is 1. The van der Waals surface area contributed by atoms with Crippen LogP contribution >= 0.6 is 11.6 Å². The highest BCUT2D eigenvalue weighted by atomic mass is 35.5. The molecule has 2 heterocycles. The van der Waals surface area contributed by atoms with Gasteiger partial charge in [0.2, 0.25) is 5.91 Å². The van der Waals surface area contributed by atoms with Crippen molar-refractivity contribution in [3.63, 3.8) is 0 Å². The zero-order chi connectivity index (χ0) is 22.0. The van der Waals surface area contributed by atoms with E-state index in [0.717, 1.165) is 0 Å². The molecule has 1 saturated heterocycles. The summed E-state index contributed by atoms with van der Waals surface area (Å²) in [7, 11) is 1.53. The molecule has 4 rings (SSSR count). The second-order valence-corrected chi connectivity index (χ2v) is 7.61. The molecule has 2 aromatic carbocycles. The van der Waals surface area contributed by atoms with E-state index in [1.165, 1.54) is 19.5 Å². The molecule has 10 heteroatoms. The molecule has 8 nitrogen and oxygen atoms in total. The minimum absolute atomic E-state index is 0.000858. The van der Waals surface area contributed by atoms with Crippen LogP contribution in [0.4, 0.5) is 15.9 Å².